The second-order valence-electron chi connectivity index (χ2n) is 7.69. The predicted octanol–water partition coefficient (Wildman–Crippen LogP) is 3.11. The molecular formula is C23H46O8. The van der Waals surface area contributed by atoms with Crippen LogP contribution in [0.4, 0.5) is 0 Å². The Kier molecular flexibility index (Phi) is 18.3. The van der Waals surface area contributed by atoms with Gasteiger partial charge in [0, 0.05) is 39.5 Å². The van der Waals surface area contributed by atoms with Gasteiger partial charge in [0.1, 0.15) is 6.61 Å². The van der Waals surface area contributed by atoms with E-state index in [1.54, 1.807) is 6.92 Å². The molecule has 0 spiro atoms. The third kappa shape index (κ3) is 13.4. The number of hydrogen-bond acceptors (Lipinski definition) is 8. The first-order valence-corrected chi connectivity index (χ1v) is 11.6. The number of carbonyl (C=O) groups is 1. The molecule has 0 bridgehead atoms. The zero-order valence-corrected chi connectivity index (χ0v) is 20.7. The van der Waals surface area contributed by atoms with Gasteiger partial charge in [0.25, 0.3) is 0 Å². The van der Waals surface area contributed by atoms with E-state index in [1.807, 2.05) is 34.6 Å². The van der Waals surface area contributed by atoms with Gasteiger partial charge in [-0.2, -0.15) is 0 Å². The van der Waals surface area contributed by atoms with Crippen LogP contribution in [0.25, 0.3) is 0 Å². The molecule has 0 heterocycles. The van der Waals surface area contributed by atoms with Crippen LogP contribution in [0.3, 0.4) is 0 Å². The van der Waals surface area contributed by atoms with Gasteiger partial charge < -0.3 is 33.2 Å². The molecule has 0 saturated heterocycles. The van der Waals surface area contributed by atoms with E-state index in [-0.39, 0.29) is 12.6 Å². The fraction of sp³-hybridized carbons (Fsp3) is 0.957. The molecule has 0 fully saturated rings. The van der Waals surface area contributed by atoms with Gasteiger partial charge in [-0.15, -0.1) is 0 Å². The quantitative estimate of drug-likeness (QED) is 0.233. The summed E-state index contributed by atoms with van der Waals surface area (Å²) < 4.78 is 40.3. The highest BCUT2D eigenvalue weighted by molar-refractivity contribution is 5.68. The Balaban J connectivity index is 5.37. The van der Waals surface area contributed by atoms with Crippen LogP contribution in [0.5, 0.6) is 0 Å². The monoisotopic (exact) mass is 450 g/mol. The molecule has 8 heteroatoms. The van der Waals surface area contributed by atoms with Gasteiger partial charge in [-0.3, -0.25) is 4.79 Å². The molecule has 0 aromatic rings. The van der Waals surface area contributed by atoms with Crippen LogP contribution < -0.4 is 0 Å². The number of ether oxygens (including phenoxy) is 7. The first kappa shape index (κ1) is 30.2. The van der Waals surface area contributed by atoms with Crippen LogP contribution in [0.2, 0.25) is 0 Å². The Morgan fingerprint density at radius 1 is 0.484 bits per heavy atom. The summed E-state index contributed by atoms with van der Waals surface area (Å²) >= 11 is 0. The van der Waals surface area contributed by atoms with Crippen molar-refractivity contribution in [3.63, 3.8) is 0 Å². The van der Waals surface area contributed by atoms with Crippen LogP contribution >= 0.6 is 0 Å². The molecule has 0 N–H and O–H groups in total. The van der Waals surface area contributed by atoms with E-state index in [4.69, 9.17) is 33.2 Å². The lowest BCUT2D eigenvalue weighted by atomic mass is 9.90. The first-order valence-electron chi connectivity index (χ1n) is 11.6. The van der Waals surface area contributed by atoms with Gasteiger partial charge in [0.05, 0.1) is 57.1 Å². The summed E-state index contributed by atoms with van der Waals surface area (Å²) in [6, 6.07) is 0. The van der Waals surface area contributed by atoms with Crippen molar-refractivity contribution in [1.82, 2.24) is 0 Å². The molecule has 0 saturated carbocycles. The average molecular weight is 451 g/mol. The molecule has 0 aromatic carbocycles. The highest BCUT2D eigenvalue weighted by atomic mass is 16.6. The molecule has 0 aliphatic rings. The molecule has 0 aromatic heterocycles. The largest absolute Gasteiger partial charge is 0.465 e. The molecule has 0 aliphatic carbocycles. The number of hydrogen-bond donors (Lipinski definition) is 0. The summed E-state index contributed by atoms with van der Waals surface area (Å²) in [5.74, 6) is -0.254. The number of esters is 1. The molecule has 8 nitrogen and oxygen atoms in total. The van der Waals surface area contributed by atoms with Crippen molar-refractivity contribution in [2.75, 3.05) is 85.9 Å². The van der Waals surface area contributed by atoms with E-state index in [1.165, 1.54) is 0 Å². The molecule has 0 radical (unpaired) electrons. The minimum atomic E-state index is -0.592. The molecule has 0 atom stereocenters. The Labute approximate surface area is 189 Å². The van der Waals surface area contributed by atoms with Crippen molar-refractivity contribution in [3.8, 4) is 0 Å². The molecule has 31 heavy (non-hydrogen) atoms. The minimum Gasteiger partial charge on any atom is -0.465 e. The van der Waals surface area contributed by atoms with Crippen molar-refractivity contribution in [1.29, 1.82) is 0 Å². The van der Waals surface area contributed by atoms with E-state index in [2.05, 4.69) is 0 Å². The van der Waals surface area contributed by atoms with Crippen molar-refractivity contribution in [2.45, 2.75) is 48.0 Å². The summed E-state index contributed by atoms with van der Waals surface area (Å²) in [5, 5.41) is 0. The molecule has 0 rings (SSSR count). The van der Waals surface area contributed by atoms with Crippen LogP contribution in [-0.2, 0) is 38.0 Å². The summed E-state index contributed by atoms with van der Waals surface area (Å²) in [4.78, 5) is 11.8. The maximum atomic E-state index is 11.8. The van der Waals surface area contributed by atoms with Gasteiger partial charge >= 0.3 is 5.97 Å². The van der Waals surface area contributed by atoms with E-state index in [0.29, 0.717) is 85.7 Å². The normalized spacial score (nSPS) is 12.3. The van der Waals surface area contributed by atoms with E-state index in [9.17, 15) is 4.79 Å². The predicted molar refractivity (Wildman–Crippen MR) is 119 cm³/mol. The highest BCUT2D eigenvalue weighted by Crippen LogP contribution is 2.25. The molecular weight excluding hydrogens is 404 g/mol. The number of carbonyl (C=O) groups excluding carboxylic acids is 1. The third-order valence-corrected chi connectivity index (χ3v) is 4.71. The van der Waals surface area contributed by atoms with Crippen LogP contribution in [0, 0.1) is 10.8 Å². The third-order valence-electron chi connectivity index (χ3n) is 4.71. The standard InChI is InChI=1S/C23H46O8/c1-7-21(24)31-20-23(16-28-11-5,17-29-12-6)19-30-18-22(13-25-8-2,14-26-9-3)15-27-10-4/h7-20H2,1-6H3. The summed E-state index contributed by atoms with van der Waals surface area (Å²) in [5.41, 5.74) is -1.02. The van der Waals surface area contributed by atoms with E-state index in [0.717, 1.165) is 0 Å². The Morgan fingerprint density at radius 3 is 1.06 bits per heavy atom. The molecule has 0 unspecified atom stereocenters. The van der Waals surface area contributed by atoms with Crippen molar-refractivity contribution in [2.24, 2.45) is 10.8 Å². The topological polar surface area (TPSA) is 81.7 Å². The van der Waals surface area contributed by atoms with E-state index < -0.39 is 10.8 Å². The SMILES string of the molecule is CCOCC(COCC)(COCC)COCC(COCC)(COCC)COC(=O)CC. The maximum absolute atomic E-state index is 11.8. The van der Waals surface area contributed by atoms with Crippen molar-refractivity contribution >= 4 is 5.97 Å². The summed E-state index contributed by atoms with van der Waals surface area (Å²) in [7, 11) is 0. The van der Waals surface area contributed by atoms with Crippen LogP contribution in [0.1, 0.15) is 48.0 Å². The molecule has 0 aliphatic heterocycles. The van der Waals surface area contributed by atoms with Gasteiger partial charge in [0.2, 0.25) is 0 Å². The number of rotatable bonds is 22. The average Bonchev–Trinajstić information content (AvgIpc) is 2.80. The Morgan fingerprint density at radius 2 is 0.774 bits per heavy atom. The fourth-order valence-corrected chi connectivity index (χ4v) is 2.91. The zero-order chi connectivity index (χ0) is 23.4. The van der Waals surface area contributed by atoms with Gasteiger partial charge in [-0.05, 0) is 34.6 Å². The van der Waals surface area contributed by atoms with Gasteiger partial charge in [-0.25, -0.2) is 0 Å². The lowest BCUT2D eigenvalue weighted by Crippen LogP contribution is -2.46. The highest BCUT2D eigenvalue weighted by Gasteiger charge is 2.37. The zero-order valence-electron chi connectivity index (χ0n) is 20.7. The Bertz CT molecular complexity index is 400. The molecule has 186 valence electrons. The minimum absolute atomic E-state index is 0.176. The molecule has 0 amide bonds. The van der Waals surface area contributed by atoms with Crippen molar-refractivity contribution in [3.05, 3.63) is 0 Å². The Hall–Kier alpha value is -0.770. The summed E-state index contributed by atoms with van der Waals surface area (Å²) in [6.45, 7) is 17.5. The van der Waals surface area contributed by atoms with E-state index >= 15 is 0 Å². The second-order valence-corrected chi connectivity index (χ2v) is 7.69. The van der Waals surface area contributed by atoms with Crippen LogP contribution in [0.15, 0.2) is 0 Å². The van der Waals surface area contributed by atoms with Gasteiger partial charge in [-0.1, -0.05) is 6.92 Å². The van der Waals surface area contributed by atoms with Crippen molar-refractivity contribution < 1.29 is 38.0 Å². The maximum Gasteiger partial charge on any atom is 0.305 e. The lowest BCUT2D eigenvalue weighted by molar-refractivity contribution is -0.160. The summed E-state index contributed by atoms with van der Waals surface area (Å²) in [6.07, 6.45) is 0.320. The fourth-order valence-electron chi connectivity index (χ4n) is 2.91. The second kappa shape index (κ2) is 18.8. The van der Waals surface area contributed by atoms with Crippen LogP contribution in [-0.4, -0.2) is 91.9 Å². The first-order chi connectivity index (χ1) is 15.0. The lowest BCUT2D eigenvalue weighted by Gasteiger charge is -2.36. The smallest absolute Gasteiger partial charge is 0.305 e. The van der Waals surface area contributed by atoms with Gasteiger partial charge in [0.15, 0.2) is 0 Å².